The van der Waals surface area contributed by atoms with Crippen LogP contribution in [0.4, 0.5) is 0 Å². The lowest BCUT2D eigenvalue weighted by Crippen LogP contribution is -2.21. The fraction of sp³-hybridized carbons (Fsp3) is 0.529. The Morgan fingerprint density at radius 1 is 1.44 bits per heavy atom. The summed E-state index contributed by atoms with van der Waals surface area (Å²) in [5, 5.41) is 3.95. The minimum atomic E-state index is -2.98. The highest BCUT2D eigenvalue weighted by Gasteiger charge is 2.29. The van der Waals surface area contributed by atoms with Crippen molar-refractivity contribution in [3.63, 3.8) is 0 Å². The van der Waals surface area contributed by atoms with Crippen molar-refractivity contribution in [2.75, 3.05) is 18.6 Å². The normalized spacial score (nSPS) is 19.3. The van der Waals surface area contributed by atoms with Crippen LogP contribution in [0.2, 0.25) is 0 Å². The first kappa shape index (κ1) is 19.2. The smallest absolute Gasteiger partial charge is 0.240 e. The van der Waals surface area contributed by atoms with Crippen LogP contribution in [0.5, 0.6) is 11.5 Å². The molecule has 1 aromatic carbocycles. The maximum Gasteiger partial charge on any atom is 0.240 e. The van der Waals surface area contributed by atoms with E-state index in [1.807, 2.05) is 13.8 Å². The van der Waals surface area contributed by atoms with Crippen LogP contribution in [-0.4, -0.2) is 45.3 Å². The number of carbonyl (C=O) groups is 1. The second-order valence-corrected chi connectivity index (χ2v) is 8.54. The maximum absolute atomic E-state index is 11.9. The molecule has 1 aromatic rings. The van der Waals surface area contributed by atoms with Crippen LogP contribution < -0.4 is 14.9 Å². The van der Waals surface area contributed by atoms with Crippen LogP contribution >= 0.6 is 0 Å². The van der Waals surface area contributed by atoms with Crippen molar-refractivity contribution in [1.29, 1.82) is 0 Å². The van der Waals surface area contributed by atoms with Gasteiger partial charge < -0.3 is 9.47 Å². The molecule has 1 amide bonds. The molecule has 0 spiro atoms. The van der Waals surface area contributed by atoms with Gasteiger partial charge in [0.1, 0.15) is 0 Å². The van der Waals surface area contributed by atoms with Crippen LogP contribution in [0.25, 0.3) is 0 Å². The van der Waals surface area contributed by atoms with Crippen molar-refractivity contribution in [2.24, 2.45) is 11.0 Å². The monoisotopic (exact) mass is 368 g/mol. The summed E-state index contributed by atoms with van der Waals surface area (Å²) in [6.07, 6.45) is 2.14. The second-order valence-electron chi connectivity index (χ2n) is 6.31. The highest BCUT2D eigenvalue weighted by atomic mass is 32.2. The molecule has 0 aromatic heterocycles. The number of hydrogen-bond donors (Lipinski definition) is 1. The van der Waals surface area contributed by atoms with Gasteiger partial charge in [-0.05, 0) is 38.3 Å². The first-order valence-corrected chi connectivity index (χ1v) is 9.99. The van der Waals surface area contributed by atoms with Gasteiger partial charge in [0.25, 0.3) is 0 Å². The van der Waals surface area contributed by atoms with Crippen LogP contribution in [0.15, 0.2) is 23.3 Å². The summed E-state index contributed by atoms with van der Waals surface area (Å²) >= 11 is 0. The van der Waals surface area contributed by atoms with Gasteiger partial charge in [-0.1, -0.05) is 6.07 Å². The number of para-hydroxylation sites is 1. The lowest BCUT2D eigenvalue weighted by Gasteiger charge is -2.15. The van der Waals surface area contributed by atoms with Crippen LogP contribution in [-0.2, 0) is 14.6 Å². The average molecular weight is 368 g/mol. The zero-order valence-corrected chi connectivity index (χ0v) is 15.5. The summed E-state index contributed by atoms with van der Waals surface area (Å²) in [6, 6.07) is 5.40. The molecule has 0 bridgehead atoms. The van der Waals surface area contributed by atoms with Crippen LogP contribution in [0.3, 0.4) is 0 Å². The van der Waals surface area contributed by atoms with Gasteiger partial charge in [-0.2, -0.15) is 5.10 Å². The first-order chi connectivity index (χ1) is 11.8. The number of hydrogen-bond acceptors (Lipinski definition) is 6. The van der Waals surface area contributed by atoms with E-state index in [0.29, 0.717) is 23.5 Å². The van der Waals surface area contributed by atoms with E-state index in [-0.39, 0.29) is 35.9 Å². The number of nitrogens with one attached hydrogen (secondary N) is 1. The van der Waals surface area contributed by atoms with Crippen molar-refractivity contribution in [3.05, 3.63) is 23.8 Å². The molecule has 7 nitrogen and oxygen atoms in total. The van der Waals surface area contributed by atoms with Gasteiger partial charge in [0, 0.05) is 12.0 Å². The zero-order chi connectivity index (χ0) is 18.4. The summed E-state index contributed by atoms with van der Waals surface area (Å²) < 4.78 is 33.9. The molecule has 0 aliphatic carbocycles. The molecule has 2 rings (SSSR count). The fourth-order valence-electron chi connectivity index (χ4n) is 2.67. The topological polar surface area (TPSA) is 94.1 Å². The molecule has 1 saturated heterocycles. The van der Waals surface area contributed by atoms with E-state index in [1.54, 1.807) is 25.3 Å². The lowest BCUT2D eigenvalue weighted by atomic mass is 10.1. The molecule has 8 heteroatoms. The quantitative estimate of drug-likeness (QED) is 0.585. The molecule has 138 valence electrons. The Labute approximate surface area is 148 Å². The van der Waals surface area contributed by atoms with E-state index in [1.165, 1.54) is 6.21 Å². The van der Waals surface area contributed by atoms with Gasteiger partial charge in [0.15, 0.2) is 21.3 Å². The number of hydrazone groups is 1. The van der Waals surface area contributed by atoms with Crippen LogP contribution in [0, 0.1) is 5.92 Å². The molecule has 1 fully saturated rings. The van der Waals surface area contributed by atoms with Crippen molar-refractivity contribution in [1.82, 2.24) is 5.43 Å². The van der Waals surface area contributed by atoms with Gasteiger partial charge in [0.05, 0.1) is 30.9 Å². The Balaban J connectivity index is 1.98. The van der Waals surface area contributed by atoms with E-state index in [0.717, 1.165) is 0 Å². The first-order valence-electron chi connectivity index (χ1n) is 8.16. The molecule has 1 atom stereocenters. The van der Waals surface area contributed by atoms with E-state index >= 15 is 0 Å². The number of carbonyl (C=O) groups excluding carboxylic acids is 1. The summed E-state index contributed by atoms with van der Waals surface area (Å²) in [4.78, 5) is 11.9. The predicted octanol–water partition coefficient (Wildman–Crippen LogP) is 1.76. The number of rotatable bonds is 7. The Morgan fingerprint density at radius 3 is 2.80 bits per heavy atom. The fourth-order valence-corrected chi connectivity index (χ4v) is 4.53. The van der Waals surface area contributed by atoms with Gasteiger partial charge in [-0.25, -0.2) is 13.8 Å². The van der Waals surface area contributed by atoms with Crippen molar-refractivity contribution >= 4 is 22.0 Å². The summed E-state index contributed by atoms with van der Waals surface area (Å²) in [5.41, 5.74) is 3.12. The third-order valence-electron chi connectivity index (χ3n) is 3.78. The third-order valence-corrected chi connectivity index (χ3v) is 5.61. The molecular weight excluding hydrogens is 344 g/mol. The average Bonchev–Trinajstić information content (AvgIpc) is 2.86. The molecule has 0 unspecified atom stereocenters. The van der Waals surface area contributed by atoms with Gasteiger partial charge >= 0.3 is 0 Å². The number of methoxy groups -OCH3 is 1. The molecular formula is C17H24N2O5S. The lowest BCUT2D eigenvalue weighted by molar-refractivity contribution is -0.121. The van der Waals surface area contributed by atoms with E-state index in [2.05, 4.69) is 10.5 Å². The number of benzene rings is 1. The van der Waals surface area contributed by atoms with Crippen molar-refractivity contribution in [3.8, 4) is 11.5 Å². The number of amides is 1. The van der Waals surface area contributed by atoms with E-state index < -0.39 is 9.84 Å². The minimum Gasteiger partial charge on any atom is -0.493 e. The minimum absolute atomic E-state index is 0.0395. The SMILES string of the molecule is COc1cccc(/C=N\NC(=O)C[C@@H]2CCS(=O)(=O)C2)c1OC(C)C. The van der Waals surface area contributed by atoms with Gasteiger partial charge in [0.2, 0.25) is 5.91 Å². The molecule has 1 aliphatic heterocycles. The Hall–Kier alpha value is -2.09. The van der Waals surface area contributed by atoms with Gasteiger partial charge in [-0.3, -0.25) is 4.79 Å². The molecule has 1 N–H and O–H groups in total. The highest BCUT2D eigenvalue weighted by Crippen LogP contribution is 2.30. The Bertz CT molecular complexity index is 743. The number of sulfone groups is 1. The molecule has 25 heavy (non-hydrogen) atoms. The molecule has 1 aliphatic rings. The highest BCUT2D eigenvalue weighted by molar-refractivity contribution is 7.91. The van der Waals surface area contributed by atoms with Crippen LogP contribution in [0.1, 0.15) is 32.3 Å². The zero-order valence-electron chi connectivity index (χ0n) is 14.7. The molecule has 1 heterocycles. The maximum atomic E-state index is 11.9. The molecule has 0 radical (unpaired) electrons. The summed E-state index contributed by atoms with van der Waals surface area (Å²) in [6.45, 7) is 3.82. The van der Waals surface area contributed by atoms with Gasteiger partial charge in [-0.15, -0.1) is 0 Å². The van der Waals surface area contributed by atoms with E-state index in [9.17, 15) is 13.2 Å². The van der Waals surface area contributed by atoms with E-state index in [4.69, 9.17) is 9.47 Å². The number of ether oxygens (including phenoxy) is 2. The van der Waals surface area contributed by atoms with Crippen molar-refractivity contribution in [2.45, 2.75) is 32.8 Å². The third kappa shape index (κ3) is 5.74. The largest absolute Gasteiger partial charge is 0.493 e. The Kier molecular flexibility index (Phi) is 6.41. The second kappa shape index (κ2) is 8.33. The summed E-state index contributed by atoms with van der Waals surface area (Å²) in [7, 11) is -1.42. The standard InChI is InChI=1S/C17H24N2O5S/c1-12(2)24-17-14(5-4-6-15(17)23-3)10-18-19-16(20)9-13-7-8-25(21,22)11-13/h4-6,10,12-13H,7-9,11H2,1-3H3,(H,19,20)/b18-10-/t13-/m0/s1. The predicted molar refractivity (Wildman–Crippen MR) is 95.9 cm³/mol. The Morgan fingerprint density at radius 2 is 2.20 bits per heavy atom. The molecule has 0 saturated carbocycles. The number of nitrogens with zero attached hydrogens (tertiary/aromatic N) is 1. The summed E-state index contributed by atoms with van der Waals surface area (Å²) in [5.74, 6) is 0.949. The van der Waals surface area contributed by atoms with Crippen molar-refractivity contribution < 1.29 is 22.7 Å².